The molecule has 1 atom stereocenters. The Labute approximate surface area is 224 Å². The topological polar surface area (TPSA) is 103 Å². The normalized spacial score (nSPS) is 15.0. The van der Waals surface area contributed by atoms with Gasteiger partial charge >= 0.3 is 0 Å². The zero-order chi connectivity index (χ0) is 26.4. The number of carbonyl (C=O) groups excluding carboxylic acids is 2. The van der Waals surface area contributed by atoms with Gasteiger partial charge in [0, 0.05) is 21.8 Å². The van der Waals surface area contributed by atoms with Crippen molar-refractivity contribution in [2.45, 2.75) is 19.8 Å². The van der Waals surface area contributed by atoms with E-state index in [1.165, 1.54) is 23.1 Å². The van der Waals surface area contributed by atoms with E-state index in [0.29, 0.717) is 33.3 Å². The lowest BCUT2D eigenvalue weighted by atomic mass is 9.86. The Kier molecular flexibility index (Phi) is 8.33. The number of methoxy groups -OCH3 is 1. The lowest BCUT2D eigenvalue weighted by molar-refractivity contribution is -0.114. The molecule has 188 valence electrons. The highest BCUT2D eigenvalue weighted by atomic mass is 32.2. The molecular formula is C28H26N4O3S2. The quantitative estimate of drug-likeness (QED) is 0.342. The second-order valence-electron chi connectivity index (χ2n) is 8.27. The van der Waals surface area contributed by atoms with Crippen LogP contribution < -0.4 is 20.7 Å². The number of nitrogens with zero attached hydrogens (tertiary/aromatic N) is 1. The molecule has 0 bridgehead atoms. The monoisotopic (exact) mass is 530 g/mol. The SMILES string of the molecule is COc1ccccc1NC(=O)C1=C(C)NC(SCC(=O)Nc2ccccc2C)=C(C#N)C1c1cccs1. The minimum Gasteiger partial charge on any atom is -0.495 e. The summed E-state index contributed by atoms with van der Waals surface area (Å²) in [6.07, 6.45) is 0. The maximum Gasteiger partial charge on any atom is 0.254 e. The van der Waals surface area contributed by atoms with Gasteiger partial charge in [-0.05, 0) is 49.1 Å². The average Bonchev–Trinajstić information content (AvgIpc) is 3.43. The molecule has 1 aromatic heterocycles. The maximum absolute atomic E-state index is 13.6. The van der Waals surface area contributed by atoms with Crippen LogP contribution in [-0.4, -0.2) is 24.7 Å². The van der Waals surface area contributed by atoms with Gasteiger partial charge in [-0.2, -0.15) is 5.26 Å². The molecule has 0 aliphatic carbocycles. The van der Waals surface area contributed by atoms with Crippen molar-refractivity contribution in [1.82, 2.24) is 5.32 Å². The average molecular weight is 531 g/mol. The van der Waals surface area contributed by atoms with E-state index in [4.69, 9.17) is 4.74 Å². The Morgan fingerprint density at radius 2 is 1.78 bits per heavy atom. The first kappa shape index (κ1) is 26.1. The lowest BCUT2D eigenvalue weighted by Crippen LogP contribution is -2.31. The molecule has 0 fully saturated rings. The Balaban J connectivity index is 1.60. The minimum absolute atomic E-state index is 0.106. The Morgan fingerprint density at radius 3 is 2.46 bits per heavy atom. The molecule has 2 amide bonds. The van der Waals surface area contributed by atoms with Crippen molar-refractivity contribution in [2.75, 3.05) is 23.5 Å². The number of para-hydroxylation sites is 3. The summed E-state index contributed by atoms with van der Waals surface area (Å²) in [6.45, 7) is 3.74. The number of rotatable bonds is 8. The molecule has 9 heteroatoms. The number of benzene rings is 2. The minimum atomic E-state index is -0.567. The Bertz CT molecular complexity index is 1420. The molecule has 2 heterocycles. The van der Waals surface area contributed by atoms with Crippen LogP contribution >= 0.6 is 23.1 Å². The summed E-state index contributed by atoms with van der Waals surface area (Å²) in [5.74, 6) is -0.433. The van der Waals surface area contributed by atoms with Gasteiger partial charge in [-0.3, -0.25) is 9.59 Å². The largest absolute Gasteiger partial charge is 0.495 e. The first-order valence-corrected chi connectivity index (χ1v) is 13.4. The first-order chi connectivity index (χ1) is 17.9. The van der Waals surface area contributed by atoms with Gasteiger partial charge in [0.15, 0.2) is 0 Å². The number of thiophene rings is 1. The summed E-state index contributed by atoms with van der Waals surface area (Å²) in [4.78, 5) is 27.1. The number of allylic oxidation sites excluding steroid dienone is 2. The smallest absolute Gasteiger partial charge is 0.254 e. The number of hydrogen-bond donors (Lipinski definition) is 3. The fourth-order valence-electron chi connectivity index (χ4n) is 4.04. The van der Waals surface area contributed by atoms with Gasteiger partial charge in [0.25, 0.3) is 5.91 Å². The van der Waals surface area contributed by atoms with E-state index >= 15 is 0 Å². The van der Waals surface area contributed by atoms with E-state index in [1.807, 2.05) is 60.8 Å². The molecule has 0 radical (unpaired) electrons. The van der Waals surface area contributed by atoms with Crippen molar-refractivity contribution in [2.24, 2.45) is 0 Å². The fraction of sp³-hybridized carbons (Fsp3) is 0.179. The second-order valence-corrected chi connectivity index (χ2v) is 10.2. The molecule has 0 saturated carbocycles. The van der Waals surface area contributed by atoms with Crippen LogP contribution in [0.5, 0.6) is 5.75 Å². The zero-order valence-electron chi connectivity index (χ0n) is 20.6. The van der Waals surface area contributed by atoms with E-state index in [-0.39, 0.29) is 17.6 Å². The van der Waals surface area contributed by atoms with E-state index < -0.39 is 5.92 Å². The Hall–Kier alpha value is -4.00. The van der Waals surface area contributed by atoms with Crippen molar-refractivity contribution in [3.8, 4) is 11.8 Å². The molecule has 1 aliphatic rings. The number of nitrogens with one attached hydrogen (secondary N) is 3. The molecule has 3 N–H and O–H groups in total. The maximum atomic E-state index is 13.6. The lowest BCUT2D eigenvalue weighted by Gasteiger charge is -2.29. The summed E-state index contributed by atoms with van der Waals surface area (Å²) in [6, 6.07) is 20.8. The molecule has 4 rings (SSSR count). The summed E-state index contributed by atoms with van der Waals surface area (Å²) < 4.78 is 5.38. The third-order valence-electron chi connectivity index (χ3n) is 5.84. The van der Waals surface area contributed by atoms with Crippen LogP contribution in [0.2, 0.25) is 0 Å². The number of anilines is 2. The van der Waals surface area contributed by atoms with Crippen molar-refractivity contribution >= 4 is 46.3 Å². The number of thioether (sulfide) groups is 1. The number of aryl methyl sites for hydroxylation is 1. The van der Waals surface area contributed by atoms with Gasteiger partial charge in [-0.1, -0.05) is 48.2 Å². The van der Waals surface area contributed by atoms with Gasteiger partial charge in [0.05, 0.1) is 41.1 Å². The van der Waals surface area contributed by atoms with Gasteiger partial charge in [-0.25, -0.2) is 0 Å². The molecule has 2 aromatic carbocycles. The number of nitriles is 1. The van der Waals surface area contributed by atoms with Crippen LogP contribution in [0, 0.1) is 18.3 Å². The highest BCUT2D eigenvalue weighted by Crippen LogP contribution is 2.42. The van der Waals surface area contributed by atoms with Gasteiger partial charge in [0.1, 0.15) is 5.75 Å². The summed E-state index contributed by atoms with van der Waals surface area (Å²) in [7, 11) is 1.54. The standard InChI is InChI=1S/C28H26N4O3S2/c1-17-9-4-5-10-20(17)31-24(33)16-37-28-19(15-29)26(23-13-8-14-36-23)25(18(2)30-28)27(34)32-21-11-6-7-12-22(21)35-3/h4-14,26,30H,16H2,1-3H3,(H,31,33)(H,32,34). The number of dihydropyridines is 1. The van der Waals surface area contributed by atoms with Gasteiger partial charge in [0.2, 0.25) is 5.91 Å². The second kappa shape index (κ2) is 11.8. The Morgan fingerprint density at radius 1 is 1.05 bits per heavy atom. The van der Waals surface area contributed by atoms with Gasteiger partial charge in [-0.15, -0.1) is 11.3 Å². The number of hydrogen-bond acceptors (Lipinski definition) is 7. The molecule has 1 unspecified atom stereocenters. The van der Waals surface area contributed by atoms with E-state index in [2.05, 4.69) is 22.0 Å². The van der Waals surface area contributed by atoms with Crippen LogP contribution in [0.1, 0.15) is 23.3 Å². The summed E-state index contributed by atoms with van der Waals surface area (Å²) in [5, 5.41) is 21.7. The molecule has 37 heavy (non-hydrogen) atoms. The predicted molar refractivity (Wildman–Crippen MR) is 149 cm³/mol. The number of amides is 2. The summed E-state index contributed by atoms with van der Waals surface area (Å²) >= 11 is 2.72. The highest BCUT2D eigenvalue weighted by Gasteiger charge is 2.35. The van der Waals surface area contributed by atoms with Crippen LogP contribution in [0.15, 0.2) is 87.9 Å². The highest BCUT2D eigenvalue weighted by molar-refractivity contribution is 8.03. The van der Waals surface area contributed by atoms with Crippen molar-refractivity contribution in [1.29, 1.82) is 5.26 Å². The zero-order valence-corrected chi connectivity index (χ0v) is 22.3. The van der Waals surface area contributed by atoms with Crippen molar-refractivity contribution in [3.05, 3.63) is 98.4 Å². The van der Waals surface area contributed by atoms with E-state index in [9.17, 15) is 14.9 Å². The van der Waals surface area contributed by atoms with Crippen molar-refractivity contribution < 1.29 is 14.3 Å². The molecular weight excluding hydrogens is 504 g/mol. The third-order valence-corrected chi connectivity index (χ3v) is 7.80. The fourth-order valence-corrected chi connectivity index (χ4v) is 5.78. The van der Waals surface area contributed by atoms with Crippen molar-refractivity contribution in [3.63, 3.8) is 0 Å². The number of carbonyl (C=O) groups is 2. The van der Waals surface area contributed by atoms with Crippen LogP contribution in [-0.2, 0) is 9.59 Å². The number of ether oxygens (including phenoxy) is 1. The molecule has 7 nitrogen and oxygen atoms in total. The summed E-state index contributed by atoms with van der Waals surface area (Å²) in [5.41, 5.74) is 3.71. The first-order valence-electron chi connectivity index (χ1n) is 11.5. The van der Waals surface area contributed by atoms with Crippen LogP contribution in [0.4, 0.5) is 11.4 Å². The molecule has 0 spiro atoms. The van der Waals surface area contributed by atoms with E-state index in [0.717, 1.165) is 16.1 Å². The predicted octanol–water partition coefficient (Wildman–Crippen LogP) is 5.77. The van der Waals surface area contributed by atoms with Crippen LogP contribution in [0.25, 0.3) is 0 Å². The van der Waals surface area contributed by atoms with Gasteiger partial charge < -0.3 is 20.7 Å². The molecule has 3 aromatic rings. The van der Waals surface area contributed by atoms with Crippen LogP contribution in [0.3, 0.4) is 0 Å². The molecule has 1 aliphatic heterocycles. The molecule has 0 saturated heterocycles. The third kappa shape index (κ3) is 5.88. The van der Waals surface area contributed by atoms with E-state index in [1.54, 1.807) is 26.2 Å².